The van der Waals surface area contributed by atoms with Crippen LogP contribution < -0.4 is 10.6 Å². The lowest BCUT2D eigenvalue weighted by Gasteiger charge is -2.11. The molecule has 0 saturated carbocycles. The maximum absolute atomic E-state index is 11.1. The molecule has 0 aromatic rings. The number of rotatable bonds is 4. The molecule has 8 nitrogen and oxygen atoms in total. The summed E-state index contributed by atoms with van der Waals surface area (Å²) in [5.74, 6) is 0.766. The van der Waals surface area contributed by atoms with Crippen LogP contribution in [0.15, 0.2) is 0 Å². The molecule has 142 valence electrons. The lowest BCUT2D eigenvalue weighted by molar-refractivity contribution is -0.197. The van der Waals surface area contributed by atoms with Gasteiger partial charge in [0.05, 0.1) is 12.1 Å². The number of carbonyl (C=O) groups is 4. The molecule has 3 aliphatic heterocycles. The molecule has 3 fully saturated rings. The zero-order chi connectivity index (χ0) is 18.8. The van der Waals surface area contributed by atoms with Crippen LogP contribution in [0.2, 0.25) is 0 Å². The van der Waals surface area contributed by atoms with Gasteiger partial charge in [0, 0.05) is 30.8 Å². The first kappa shape index (κ1) is 21.3. The van der Waals surface area contributed by atoms with E-state index in [2.05, 4.69) is 15.5 Å². The molecule has 3 saturated heterocycles. The summed E-state index contributed by atoms with van der Waals surface area (Å²) in [6, 6.07) is 0.815. The van der Waals surface area contributed by atoms with Crippen molar-refractivity contribution in [3.05, 3.63) is 0 Å². The normalized spacial score (nSPS) is 23.6. The van der Waals surface area contributed by atoms with E-state index in [1.165, 1.54) is 0 Å². The summed E-state index contributed by atoms with van der Waals surface area (Å²) < 4.78 is 0. The molecule has 0 bridgehead atoms. The third kappa shape index (κ3) is 6.56. The van der Waals surface area contributed by atoms with Crippen LogP contribution >= 0.6 is 11.8 Å². The highest BCUT2D eigenvalue weighted by Crippen LogP contribution is 2.20. The van der Waals surface area contributed by atoms with Crippen LogP contribution in [0.4, 0.5) is 4.79 Å². The molecule has 3 rings (SSSR count). The summed E-state index contributed by atoms with van der Waals surface area (Å²) in [4.78, 5) is 48.4. The topological polar surface area (TPSA) is 105 Å². The Morgan fingerprint density at radius 2 is 1.64 bits per heavy atom. The van der Waals surface area contributed by atoms with E-state index >= 15 is 0 Å². The SMILES string of the molecule is CC.CCCCC(=O)ON1C(=O)CCC1=O.O=C1NC2CSCC2N1. The van der Waals surface area contributed by atoms with Crippen molar-refractivity contribution < 1.29 is 24.0 Å². The second kappa shape index (κ2) is 11.0. The number of unbranched alkanes of at least 4 members (excludes halogenated alkanes) is 1. The van der Waals surface area contributed by atoms with E-state index in [0.29, 0.717) is 23.6 Å². The van der Waals surface area contributed by atoms with Gasteiger partial charge in [-0.15, -0.1) is 5.06 Å². The van der Waals surface area contributed by atoms with E-state index < -0.39 is 17.8 Å². The Bertz CT molecular complexity index is 470. The minimum Gasteiger partial charge on any atom is -0.332 e. The first-order valence-corrected chi connectivity index (χ1v) is 9.88. The first-order valence-electron chi connectivity index (χ1n) is 8.72. The summed E-state index contributed by atoms with van der Waals surface area (Å²) in [5.41, 5.74) is 0. The average molecular weight is 373 g/mol. The molecule has 2 N–H and O–H groups in total. The predicted octanol–water partition coefficient (Wildman–Crippen LogP) is 1.59. The molecular formula is C16H27N3O5S. The van der Waals surface area contributed by atoms with E-state index in [1.54, 1.807) is 0 Å². The molecule has 25 heavy (non-hydrogen) atoms. The van der Waals surface area contributed by atoms with Gasteiger partial charge in [0.25, 0.3) is 11.8 Å². The number of carbonyl (C=O) groups excluding carboxylic acids is 4. The highest BCUT2D eigenvalue weighted by Gasteiger charge is 2.35. The Labute approximate surface area is 152 Å². The van der Waals surface area contributed by atoms with Crippen LogP contribution in [0.25, 0.3) is 0 Å². The van der Waals surface area contributed by atoms with Crippen LogP contribution in [0.5, 0.6) is 0 Å². The van der Waals surface area contributed by atoms with E-state index in [-0.39, 0.29) is 25.3 Å². The van der Waals surface area contributed by atoms with Gasteiger partial charge in [0.2, 0.25) is 0 Å². The third-order valence-corrected chi connectivity index (χ3v) is 4.84. The lowest BCUT2D eigenvalue weighted by atomic mass is 10.2. The molecule has 3 aliphatic rings. The van der Waals surface area contributed by atoms with Crippen LogP contribution in [0.1, 0.15) is 52.9 Å². The van der Waals surface area contributed by atoms with Gasteiger partial charge < -0.3 is 15.5 Å². The van der Waals surface area contributed by atoms with Crippen molar-refractivity contribution in [1.29, 1.82) is 0 Å². The van der Waals surface area contributed by atoms with E-state index in [0.717, 1.165) is 17.9 Å². The van der Waals surface area contributed by atoms with E-state index in [4.69, 9.17) is 0 Å². The smallest absolute Gasteiger partial charge is 0.332 e. The van der Waals surface area contributed by atoms with Crippen molar-refractivity contribution in [3.8, 4) is 0 Å². The second-order valence-corrected chi connectivity index (χ2v) is 6.59. The standard InChI is InChI=1S/C9H13NO4.C5H8N2OS.C2H6/c1-2-3-4-9(13)14-10-7(11)5-6-8(10)12;8-5-6-3-1-9-2-4(3)7-5;1-2/h2-6H2,1H3;3-4H,1-2H2,(H2,6,7,8);1-2H3. The largest absolute Gasteiger partial charge is 0.333 e. The summed E-state index contributed by atoms with van der Waals surface area (Å²) in [5, 5.41) is 6.27. The zero-order valence-electron chi connectivity index (χ0n) is 15.0. The van der Waals surface area contributed by atoms with Crippen LogP contribution in [0, 0.1) is 0 Å². The number of fused-ring (bicyclic) bond motifs is 1. The molecule has 0 aromatic carbocycles. The Hall–Kier alpha value is -1.77. The number of imide groups is 1. The number of thioether (sulfide) groups is 1. The minimum absolute atomic E-state index is 0.00491. The monoisotopic (exact) mass is 373 g/mol. The molecule has 0 spiro atoms. The van der Waals surface area contributed by atoms with Crippen LogP contribution in [-0.2, 0) is 19.2 Å². The number of hydrogen-bond donors (Lipinski definition) is 2. The van der Waals surface area contributed by atoms with Gasteiger partial charge in [0.1, 0.15) is 0 Å². The van der Waals surface area contributed by atoms with Crippen molar-refractivity contribution in [1.82, 2.24) is 15.7 Å². The van der Waals surface area contributed by atoms with Crippen molar-refractivity contribution in [2.45, 2.75) is 65.0 Å². The lowest BCUT2D eigenvalue weighted by Crippen LogP contribution is -2.31. The molecule has 0 aromatic heterocycles. The fourth-order valence-electron chi connectivity index (χ4n) is 2.34. The van der Waals surface area contributed by atoms with Gasteiger partial charge in [-0.25, -0.2) is 9.59 Å². The van der Waals surface area contributed by atoms with Gasteiger partial charge in [-0.2, -0.15) is 11.8 Å². The Kier molecular flexibility index (Phi) is 9.33. The first-order chi connectivity index (χ1) is 12.0. The maximum Gasteiger partial charge on any atom is 0.333 e. The van der Waals surface area contributed by atoms with Crippen molar-refractivity contribution >= 4 is 35.6 Å². The third-order valence-electron chi connectivity index (χ3n) is 3.65. The van der Waals surface area contributed by atoms with Crippen molar-refractivity contribution in [3.63, 3.8) is 0 Å². The Balaban J connectivity index is 0.000000243. The fraction of sp³-hybridized carbons (Fsp3) is 0.750. The molecule has 0 radical (unpaired) electrons. The number of amides is 4. The highest BCUT2D eigenvalue weighted by atomic mass is 32.2. The highest BCUT2D eigenvalue weighted by molar-refractivity contribution is 7.99. The summed E-state index contributed by atoms with van der Waals surface area (Å²) in [6.45, 7) is 5.94. The molecule has 0 aliphatic carbocycles. The van der Waals surface area contributed by atoms with Crippen molar-refractivity contribution in [2.24, 2.45) is 0 Å². The maximum atomic E-state index is 11.1. The summed E-state index contributed by atoms with van der Waals surface area (Å²) in [7, 11) is 0. The van der Waals surface area contributed by atoms with Gasteiger partial charge in [-0.1, -0.05) is 27.2 Å². The predicted molar refractivity (Wildman–Crippen MR) is 94.6 cm³/mol. The number of hydroxylamine groups is 2. The Morgan fingerprint density at radius 1 is 1.12 bits per heavy atom. The second-order valence-electron chi connectivity index (χ2n) is 5.52. The molecule has 3 heterocycles. The summed E-state index contributed by atoms with van der Waals surface area (Å²) >= 11 is 1.89. The number of urea groups is 1. The van der Waals surface area contributed by atoms with E-state index in [9.17, 15) is 19.2 Å². The molecular weight excluding hydrogens is 346 g/mol. The fourth-order valence-corrected chi connectivity index (χ4v) is 3.62. The van der Waals surface area contributed by atoms with Gasteiger partial charge in [-0.3, -0.25) is 9.59 Å². The molecule has 2 atom stereocenters. The average Bonchev–Trinajstić information content (AvgIpc) is 3.26. The van der Waals surface area contributed by atoms with E-state index in [1.807, 2.05) is 32.5 Å². The molecule has 4 amide bonds. The number of nitrogens with one attached hydrogen (secondary N) is 2. The molecule has 9 heteroatoms. The molecule has 2 unspecified atom stereocenters. The van der Waals surface area contributed by atoms with Crippen LogP contribution in [-0.4, -0.2) is 52.5 Å². The van der Waals surface area contributed by atoms with Gasteiger partial charge >= 0.3 is 12.0 Å². The van der Waals surface area contributed by atoms with Gasteiger partial charge in [-0.05, 0) is 6.42 Å². The summed E-state index contributed by atoms with van der Waals surface area (Å²) in [6.07, 6.45) is 2.10. The van der Waals surface area contributed by atoms with Gasteiger partial charge in [0.15, 0.2) is 0 Å². The zero-order valence-corrected chi connectivity index (χ0v) is 15.8. The van der Waals surface area contributed by atoms with Crippen LogP contribution in [0.3, 0.4) is 0 Å². The number of hydrogen-bond acceptors (Lipinski definition) is 6. The number of nitrogens with zero attached hydrogens (tertiary/aromatic N) is 1. The minimum atomic E-state index is -0.518. The Morgan fingerprint density at radius 3 is 2.12 bits per heavy atom. The quantitative estimate of drug-likeness (QED) is 0.573. The van der Waals surface area contributed by atoms with Crippen molar-refractivity contribution in [2.75, 3.05) is 11.5 Å².